The van der Waals surface area contributed by atoms with Gasteiger partial charge in [0.1, 0.15) is 5.82 Å². The van der Waals surface area contributed by atoms with Crippen LogP contribution in [0.2, 0.25) is 0 Å². The Kier molecular flexibility index (Phi) is 4.09. The summed E-state index contributed by atoms with van der Waals surface area (Å²) >= 11 is 0. The van der Waals surface area contributed by atoms with Crippen LogP contribution in [0, 0.1) is 0 Å². The number of nitrogens with one attached hydrogen (secondary N) is 1. The number of ether oxygens (including phenoxy) is 1. The van der Waals surface area contributed by atoms with Crippen LogP contribution in [0.1, 0.15) is 23.3 Å². The maximum Gasteiger partial charge on any atom is 0.358 e. The number of nitrogens with zero attached hydrogens (tertiary/aromatic N) is 3. The normalized spacial score (nSPS) is 17.4. The first-order valence-electron chi connectivity index (χ1n) is 6.04. The van der Waals surface area contributed by atoms with Crippen LogP contribution in [-0.2, 0) is 4.74 Å². The molecular weight excluding hydrogens is 232 g/mol. The lowest BCUT2D eigenvalue weighted by atomic mass is 10.1. The zero-order chi connectivity index (χ0) is 13.0. The molecule has 0 spiro atoms. The fourth-order valence-electron chi connectivity index (χ4n) is 2.00. The molecule has 0 aromatic carbocycles. The van der Waals surface area contributed by atoms with Crippen LogP contribution >= 0.6 is 0 Å². The van der Waals surface area contributed by atoms with Crippen molar-refractivity contribution in [3.8, 4) is 0 Å². The van der Waals surface area contributed by atoms with Crippen molar-refractivity contribution in [3.05, 3.63) is 18.1 Å². The van der Waals surface area contributed by atoms with E-state index in [0.29, 0.717) is 11.9 Å². The van der Waals surface area contributed by atoms with Crippen LogP contribution in [0.3, 0.4) is 0 Å². The summed E-state index contributed by atoms with van der Waals surface area (Å²) in [6.45, 7) is 2.14. The molecule has 6 heteroatoms. The van der Waals surface area contributed by atoms with Gasteiger partial charge in [0.2, 0.25) is 0 Å². The zero-order valence-electron chi connectivity index (χ0n) is 10.7. The van der Waals surface area contributed by atoms with E-state index in [1.165, 1.54) is 13.3 Å². The summed E-state index contributed by atoms with van der Waals surface area (Å²) in [5, 5.41) is 3.31. The summed E-state index contributed by atoms with van der Waals surface area (Å²) in [4.78, 5) is 21.8. The highest BCUT2D eigenvalue weighted by Gasteiger charge is 2.17. The maximum atomic E-state index is 11.3. The van der Waals surface area contributed by atoms with Crippen molar-refractivity contribution >= 4 is 11.8 Å². The molecule has 1 aromatic heterocycles. The van der Waals surface area contributed by atoms with Crippen LogP contribution in [0.25, 0.3) is 0 Å². The average Bonchev–Trinajstić information content (AvgIpc) is 2.41. The molecule has 1 fully saturated rings. The second-order valence-corrected chi connectivity index (χ2v) is 4.50. The summed E-state index contributed by atoms with van der Waals surface area (Å²) in [6, 6.07) is 0.392. The molecule has 0 bridgehead atoms. The molecule has 0 unspecified atom stereocenters. The molecule has 1 aliphatic heterocycles. The van der Waals surface area contributed by atoms with E-state index < -0.39 is 5.97 Å². The van der Waals surface area contributed by atoms with E-state index in [-0.39, 0.29) is 5.69 Å². The third-order valence-corrected chi connectivity index (χ3v) is 3.10. The average molecular weight is 250 g/mol. The number of carbonyl (C=O) groups excluding carboxylic acids is 1. The number of piperidine rings is 1. The Labute approximate surface area is 106 Å². The van der Waals surface area contributed by atoms with Gasteiger partial charge in [-0.15, -0.1) is 0 Å². The number of carbonyl (C=O) groups is 1. The third-order valence-electron chi connectivity index (χ3n) is 3.10. The van der Waals surface area contributed by atoms with Gasteiger partial charge in [0.05, 0.1) is 19.5 Å². The van der Waals surface area contributed by atoms with E-state index in [1.54, 1.807) is 6.20 Å². The Morgan fingerprint density at radius 1 is 1.44 bits per heavy atom. The van der Waals surface area contributed by atoms with E-state index in [2.05, 4.69) is 32.0 Å². The van der Waals surface area contributed by atoms with Gasteiger partial charge in [-0.05, 0) is 33.0 Å². The molecule has 6 nitrogen and oxygen atoms in total. The van der Waals surface area contributed by atoms with Crippen molar-refractivity contribution in [2.24, 2.45) is 0 Å². The van der Waals surface area contributed by atoms with Gasteiger partial charge >= 0.3 is 5.97 Å². The molecule has 1 aliphatic rings. The second kappa shape index (κ2) is 5.77. The molecule has 98 valence electrons. The van der Waals surface area contributed by atoms with Crippen molar-refractivity contribution < 1.29 is 9.53 Å². The van der Waals surface area contributed by atoms with Crippen LogP contribution in [-0.4, -0.2) is 54.1 Å². The highest BCUT2D eigenvalue weighted by Crippen LogP contribution is 2.13. The predicted molar refractivity (Wildman–Crippen MR) is 67.5 cm³/mol. The Hall–Kier alpha value is -1.69. The van der Waals surface area contributed by atoms with Crippen LogP contribution < -0.4 is 5.32 Å². The lowest BCUT2D eigenvalue weighted by Crippen LogP contribution is -2.37. The minimum atomic E-state index is -0.463. The fraction of sp³-hybridized carbons (Fsp3) is 0.583. The lowest BCUT2D eigenvalue weighted by Gasteiger charge is -2.29. The van der Waals surface area contributed by atoms with Crippen LogP contribution in [0.15, 0.2) is 12.4 Å². The number of anilines is 1. The van der Waals surface area contributed by atoms with Gasteiger partial charge in [0.25, 0.3) is 0 Å². The predicted octanol–water partition coefficient (Wildman–Crippen LogP) is 0.769. The highest BCUT2D eigenvalue weighted by atomic mass is 16.5. The summed E-state index contributed by atoms with van der Waals surface area (Å²) in [6.07, 6.45) is 5.18. The zero-order valence-corrected chi connectivity index (χ0v) is 10.7. The van der Waals surface area contributed by atoms with E-state index in [0.717, 1.165) is 25.9 Å². The molecule has 1 saturated heterocycles. The second-order valence-electron chi connectivity index (χ2n) is 4.50. The van der Waals surface area contributed by atoms with Crippen molar-refractivity contribution in [2.75, 3.05) is 32.6 Å². The number of aromatic nitrogens is 2. The largest absolute Gasteiger partial charge is 0.464 e. The molecule has 2 rings (SSSR count). The number of esters is 1. The molecule has 0 amide bonds. The van der Waals surface area contributed by atoms with Gasteiger partial charge in [-0.3, -0.25) is 4.98 Å². The standard InChI is InChI=1S/C12H18N4O2/c1-16-5-3-9(4-6-16)14-11-8-13-7-10(15-11)12(17)18-2/h7-9H,3-6H2,1-2H3,(H,14,15). The van der Waals surface area contributed by atoms with E-state index in [9.17, 15) is 4.79 Å². The quantitative estimate of drug-likeness (QED) is 0.799. The van der Waals surface area contributed by atoms with Crippen molar-refractivity contribution in [1.82, 2.24) is 14.9 Å². The van der Waals surface area contributed by atoms with E-state index >= 15 is 0 Å². The summed E-state index contributed by atoms with van der Waals surface area (Å²) in [7, 11) is 3.45. The number of likely N-dealkylation sites (tertiary alicyclic amines) is 1. The molecule has 1 aromatic rings. The third kappa shape index (κ3) is 3.16. The van der Waals surface area contributed by atoms with Gasteiger partial charge in [-0.25, -0.2) is 9.78 Å². The number of hydrogen-bond acceptors (Lipinski definition) is 6. The summed E-state index contributed by atoms with van der Waals surface area (Å²) in [5.41, 5.74) is 0.232. The SMILES string of the molecule is COC(=O)c1cncc(NC2CCN(C)CC2)n1. The molecule has 0 atom stereocenters. The smallest absolute Gasteiger partial charge is 0.358 e. The van der Waals surface area contributed by atoms with Crippen molar-refractivity contribution in [3.63, 3.8) is 0 Å². The molecule has 18 heavy (non-hydrogen) atoms. The molecule has 2 heterocycles. The van der Waals surface area contributed by atoms with Gasteiger partial charge in [0.15, 0.2) is 5.69 Å². The van der Waals surface area contributed by atoms with E-state index in [1.807, 2.05) is 0 Å². The molecular formula is C12H18N4O2. The van der Waals surface area contributed by atoms with Crippen LogP contribution in [0.5, 0.6) is 0 Å². The van der Waals surface area contributed by atoms with Gasteiger partial charge in [0, 0.05) is 6.04 Å². The number of rotatable bonds is 3. The lowest BCUT2D eigenvalue weighted by molar-refractivity contribution is 0.0593. The first-order chi connectivity index (χ1) is 8.69. The molecule has 0 aliphatic carbocycles. The minimum Gasteiger partial charge on any atom is -0.464 e. The molecule has 0 radical (unpaired) electrons. The Morgan fingerprint density at radius 3 is 2.83 bits per heavy atom. The molecule has 0 saturated carbocycles. The van der Waals surface area contributed by atoms with E-state index in [4.69, 9.17) is 0 Å². The number of hydrogen-bond donors (Lipinski definition) is 1. The van der Waals surface area contributed by atoms with Crippen molar-refractivity contribution in [1.29, 1.82) is 0 Å². The monoisotopic (exact) mass is 250 g/mol. The fourth-order valence-corrected chi connectivity index (χ4v) is 2.00. The summed E-state index contributed by atoms with van der Waals surface area (Å²) in [5.74, 6) is 0.169. The maximum absolute atomic E-state index is 11.3. The van der Waals surface area contributed by atoms with Crippen molar-refractivity contribution in [2.45, 2.75) is 18.9 Å². The topological polar surface area (TPSA) is 67.3 Å². The first-order valence-corrected chi connectivity index (χ1v) is 6.04. The Morgan fingerprint density at radius 2 is 2.17 bits per heavy atom. The Bertz CT molecular complexity index is 416. The first kappa shape index (κ1) is 12.8. The highest BCUT2D eigenvalue weighted by molar-refractivity contribution is 5.87. The van der Waals surface area contributed by atoms with Gasteiger partial charge < -0.3 is 15.0 Å². The number of methoxy groups -OCH3 is 1. The van der Waals surface area contributed by atoms with Gasteiger partial charge in [-0.2, -0.15) is 0 Å². The minimum absolute atomic E-state index is 0.232. The summed E-state index contributed by atoms with van der Waals surface area (Å²) < 4.78 is 4.62. The van der Waals surface area contributed by atoms with Gasteiger partial charge in [-0.1, -0.05) is 0 Å². The Balaban J connectivity index is 1.99. The van der Waals surface area contributed by atoms with Crippen LogP contribution in [0.4, 0.5) is 5.82 Å². The molecule has 1 N–H and O–H groups in total.